The van der Waals surface area contributed by atoms with Crippen molar-refractivity contribution in [2.24, 2.45) is 4.99 Å². The molecule has 0 bridgehead atoms. The average Bonchev–Trinajstić information content (AvgIpc) is 2.87. The van der Waals surface area contributed by atoms with E-state index in [1.54, 1.807) is 18.4 Å². The molecule has 0 radical (unpaired) electrons. The van der Waals surface area contributed by atoms with E-state index >= 15 is 0 Å². The molecule has 0 aliphatic rings. The Kier molecular flexibility index (Phi) is 13.0. The summed E-state index contributed by atoms with van der Waals surface area (Å²) in [5.41, 5.74) is 0. The normalized spacial score (nSPS) is 11.1. The number of hydrogen-bond acceptors (Lipinski definition) is 4. The lowest BCUT2D eigenvalue weighted by Crippen LogP contribution is -2.37. The monoisotopic (exact) mass is 426 g/mol. The lowest BCUT2D eigenvalue weighted by molar-refractivity contribution is 0.129. The summed E-state index contributed by atoms with van der Waals surface area (Å²) in [5.74, 6) is 0.811. The highest BCUT2D eigenvalue weighted by atomic mass is 127. The fraction of sp³-hybridized carbons (Fsp3) is 0.714. The maximum Gasteiger partial charge on any atom is 0.191 e. The average molecular weight is 426 g/mol. The van der Waals surface area contributed by atoms with Crippen LogP contribution in [0.5, 0.6) is 0 Å². The third-order valence-electron chi connectivity index (χ3n) is 2.70. The number of unbranched alkanes of at least 4 members (excludes halogenated alkanes) is 1. The van der Waals surface area contributed by atoms with Crippen LogP contribution in [0.4, 0.5) is 0 Å². The van der Waals surface area contributed by atoms with Crippen molar-refractivity contribution in [3.8, 4) is 0 Å². The van der Waals surface area contributed by atoms with Crippen LogP contribution in [0.1, 0.15) is 36.1 Å². The number of nitrogens with one attached hydrogen (secondary N) is 2. The second-order valence-electron chi connectivity index (χ2n) is 4.54. The molecule has 0 fully saturated rings. The van der Waals surface area contributed by atoms with Gasteiger partial charge in [0.15, 0.2) is 5.96 Å². The van der Waals surface area contributed by atoms with E-state index in [0.717, 1.165) is 43.6 Å². The first-order valence-corrected chi connectivity index (χ1v) is 8.01. The number of aryl methyl sites for hydroxylation is 1. The van der Waals surface area contributed by atoms with E-state index in [1.807, 2.05) is 6.20 Å². The number of aliphatic imine (C=N–C) groups is 1. The zero-order valence-electron chi connectivity index (χ0n) is 13.1. The topological polar surface area (TPSA) is 58.5 Å². The van der Waals surface area contributed by atoms with Crippen LogP contribution in [0.15, 0.2) is 11.2 Å². The minimum atomic E-state index is 0. The van der Waals surface area contributed by atoms with Gasteiger partial charge in [-0.05, 0) is 19.8 Å². The van der Waals surface area contributed by atoms with Gasteiger partial charge in [-0.2, -0.15) is 0 Å². The zero-order chi connectivity index (χ0) is 14.6. The first-order chi connectivity index (χ1) is 9.76. The summed E-state index contributed by atoms with van der Waals surface area (Å²) in [6.45, 7) is 7.48. The van der Waals surface area contributed by atoms with E-state index in [-0.39, 0.29) is 24.0 Å². The van der Waals surface area contributed by atoms with Crippen molar-refractivity contribution in [3.05, 3.63) is 16.1 Å². The van der Waals surface area contributed by atoms with Crippen LogP contribution in [0.2, 0.25) is 0 Å². The van der Waals surface area contributed by atoms with Crippen LogP contribution in [0.3, 0.4) is 0 Å². The molecule has 0 saturated carbocycles. The number of halogens is 1. The molecular weight excluding hydrogens is 399 g/mol. The van der Waals surface area contributed by atoms with Gasteiger partial charge >= 0.3 is 0 Å². The highest BCUT2D eigenvalue weighted by Crippen LogP contribution is 2.10. The summed E-state index contributed by atoms with van der Waals surface area (Å²) >= 11 is 1.70. The molecule has 1 aromatic rings. The first kappa shape index (κ1) is 20.6. The van der Waals surface area contributed by atoms with Crippen molar-refractivity contribution >= 4 is 41.3 Å². The summed E-state index contributed by atoms with van der Waals surface area (Å²) < 4.78 is 5.51. The summed E-state index contributed by atoms with van der Waals surface area (Å²) in [4.78, 5) is 9.73. The molecular formula is C14H27IN4OS. The number of hydrogen-bond donors (Lipinski definition) is 2. The number of aromatic nitrogens is 1. The molecule has 0 saturated heterocycles. The molecule has 7 heteroatoms. The molecule has 0 amide bonds. The number of nitrogens with zero attached hydrogens (tertiary/aromatic N) is 2. The van der Waals surface area contributed by atoms with Crippen LogP contribution in [-0.4, -0.2) is 37.7 Å². The molecule has 0 unspecified atom stereocenters. The summed E-state index contributed by atoms with van der Waals surface area (Å²) in [7, 11) is 1.78. The van der Waals surface area contributed by atoms with E-state index in [0.29, 0.717) is 6.54 Å². The Morgan fingerprint density at radius 3 is 2.71 bits per heavy atom. The van der Waals surface area contributed by atoms with Crippen molar-refractivity contribution in [2.75, 3.05) is 26.8 Å². The van der Waals surface area contributed by atoms with Crippen LogP contribution in [0, 0.1) is 6.92 Å². The molecule has 122 valence electrons. The molecule has 1 rings (SSSR count). The van der Waals surface area contributed by atoms with Crippen molar-refractivity contribution < 1.29 is 4.74 Å². The van der Waals surface area contributed by atoms with Gasteiger partial charge < -0.3 is 15.4 Å². The third kappa shape index (κ3) is 10.0. The molecule has 0 aliphatic heterocycles. The SMILES string of the molecule is CCCCOCCCNC(=NC)NCc1ncc(C)s1.I. The summed E-state index contributed by atoms with van der Waals surface area (Å²) in [6, 6.07) is 0. The van der Waals surface area contributed by atoms with Gasteiger partial charge in [-0.25, -0.2) is 4.98 Å². The number of ether oxygens (including phenoxy) is 1. The van der Waals surface area contributed by atoms with Crippen molar-refractivity contribution in [2.45, 2.75) is 39.7 Å². The quantitative estimate of drug-likeness (QED) is 0.276. The highest BCUT2D eigenvalue weighted by Gasteiger charge is 2.01. The Bertz CT molecular complexity index is 398. The van der Waals surface area contributed by atoms with Gasteiger partial charge in [0.1, 0.15) is 5.01 Å². The largest absolute Gasteiger partial charge is 0.381 e. The summed E-state index contributed by atoms with van der Waals surface area (Å²) in [6.07, 6.45) is 5.21. The predicted octanol–water partition coefficient (Wildman–Crippen LogP) is 2.94. The molecule has 21 heavy (non-hydrogen) atoms. The second kappa shape index (κ2) is 13.3. The van der Waals surface area contributed by atoms with Crippen LogP contribution in [-0.2, 0) is 11.3 Å². The minimum absolute atomic E-state index is 0. The Labute approximate surface area is 149 Å². The third-order valence-corrected chi connectivity index (χ3v) is 3.61. The lowest BCUT2D eigenvalue weighted by Gasteiger charge is -2.10. The van der Waals surface area contributed by atoms with Gasteiger partial charge in [-0.3, -0.25) is 4.99 Å². The Morgan fingerprint density at radius 2 is 2.10 bits per heavy atom. The van der Waals surface area contributed by atoms with Gasteiger partial charge in [0.25, 0.3) is 0 Å². The highest BCUT2D eigenvalue weighted by molar-refractivity contribution is 14.0. The molecule has 2 N–H and O–H groups in total. The van der Waals surface area contributed by atoms with Gasteiger partial charge in [0, 0.05) is 37.9 Å². The molecule has 0 spiro atoms. The van der Waals surface area contributed by atoms with Gasteiger partial charge in [-0.15, -0.1) is 35.3 Å². The minimum Gasteiger partial charge on any atom is -0.381 e. The van der Waals surface area contributed by atoms with Crippen molar-refractivity contribution in [1.82, 2.24) is 15.6 Å². The van der Waals surface area contributed by atoms with Gasteiger partial charge in [0.05, 0.1) is 6.54 Å². The molecule has 1 heterocycles. The van der Waals surface area contributed by atoms with E-state index in [9.17, 15) is 0 Å². The molecule has 0 aromatic carbocycles. The van der Waals surface area contributed by atoms with Gasteiger partial charge in [-0.1, -0.05) is 13.3 Å². The summed E-state index contributed by atoms with van der Waals surface area (Å²) in [5, 5.41) is 7.61. The Balaban J connectivity index is 0.00000400. The van der Waals surface area contributed by atoms with Gasteiger partial charge in [0.2, 0.25) is 0 Å². The standard InChI is InChI=1S/C14H26N4OS.HI/c1-4-5-8-19-9-6-7-16-14(15-3)18-11-13-17-10-12(2)20-13;/h10H,4-9,11H2,1-3H3,(H2,15,16,18);1H. The van der Waals surface area contributed by atoms with E-state index in [2.05, 4.69) is 34.5 Å². The zero-order valence-corrected chi connectivity index (χ0v) is 16.3. The number of rotatable bonds is 9. The van der Waals surface area contributed by atoms with Crippen molar-refractivity contribution in [3.63, 3.8) is 0 Å². The fourth-order valence-corrected chi connectivity index (χ4v) is 2.32. The van der Waals surface area contributed by atoms with Crippen molar-refractivity contribution in [1.29, 1.82) is 0 Å². The van der Waals surface area contributed by atoms with Crippen LogP contribution < -0.4 is 10.6 Å². The predicted molar refractivity (Wildman–Crippen MR) is 101 cm³/mol. The van der Waals surface area contributed by atoms with E-state index in [4.69, 9.17) is 4.74 Å². The lowest BCUT2D eigenvalue weighted by atomic mass is 10.4. The smallest absolute Gasteiger partial charge is 0.191 e. The van der Waals surface area contributed by atoms with Crippen LogP contribution >= 0.6 is 35.3 Å². The molecule has 0 atom stereocenters. The second-order valence-corrected chi connectivity index (χ2v) is 5.86. The number of thiazole rings is 1. The number of guanidine groups is 1. The van der Waals surface area contributed by atoms with E-state index in [1.165, 1.54) is 11.3 Å². The fourth-order valence-electron chi connectivity index (χ4n) is 1.59. The first-order valence-electron chi connectivity index (χ1n) is 7.19. The maximum absolute atomic E-state index is 5.51. The maximum atomic E-state index is 5.51. The Hall–Kier alpha value is -0.410. The molecule has 5 nitrogen and oxygen atoms in total. The van der Waals surface area contributed by atoms with E-state index < -0.39 is 0 Å². The Morgan fingerprint density at radius 1 is 1.33 bits per heavy atom. The molecule has 0 aliphatic carbocycles. The van der Waals surface area contributed by atoms with Crippen LogP contribution in [0.25, 0.3) is 0 Å². The molecule has 1 aromatic heterocycles.